The second kappa shape index (κ2) is 7.95. The minimum absolute atomic E-state index is 0.0138. The molecule has 1 aliphatic rings. The number of sulfonamides is 1. The van der Waals surface area contributed by atoms with Crippen LogP contribution in [-0.2, 0) is 27.0 Å². The molecule has 142 valence electrons. The van der Waals surface area contributed by atoms with Crippen molar-refractivity contribution in [1.82, 2.24) is 19.7 Å². The topological polar surface area (TPSA) is 125 Å². The highest BCUT2D eigenvalue weighted by Gasteiger charge is 2.28. The van der Waals surface area contributed by atoms with Crippen LogP contribution in [0.5, 0.6) is 0 Å². The summed E-state index contributed by atoms with van der Waals surface area (Å²) in [7, 11) is -6.86. The van der Waals surface area contributed by atoms with Gasteiger partial charge in [-0.15, -0.1) is 11.3 Å². The van der Waals surface area contributed by atoms with E-state index in [1.807, 2.05) is 0 Å². The molecule has 0 radical (unpaired) electrons. The Labute approximate surface area is 150 Å². The third kappa shape index (κ3) is 5.60. The molecule has 1 aromatic heterocycles. The molecule has 25 heavy (non-hydrogen) atoms. The van der Waals surface area contributed by atoms with Crippen molar-refractivity contribution in [2.24, 2.45) is 0 Å². The number of thiophene rings is 1. The van der Waals surface area contributed by atoms with E-state index in [-0.39, 0.29) is 29.9 Å². The van der Waals surface area contributed by atoms with E-state index in [0.717, 1.165) is 15.6 Å². The zero-order chi connectivity index (χ0) is 18.7. The number of amides is 2. The Morgan fingerprint density at radius 2 is 1.92 bits per heavy atom. The first-order chi connectivity index (χ1) is 11.6. The number of hydrogen-bond donors (Lipinski definition) is 3. The van der Waals surface area contributed by atoms with E-state index in [9.17, 15) is 25.5 Å². The van der Waals surface area contributed by atoms with Gasteiger partial charge in [0.1, 0.15) is 4.21 Å². The monoisotopic (exact) mass is 414 g/mol. The number of carbonyl (C=O) groups is 1. The summed E-state index contributed by atoms with van der Waals surface area (Å²) in [6.45, 7) is 0.188. The Kier molecular flexibility index (Phi) is 6.37. The number of urea groups is 1. The summed E-state index contributed by atoms with van der Waals surface area (Å²) >= 11 is 1.05. The molecule has 0 unspecified atom stereocenters. The first kappa shape index (κ1) is 20.0. The molecule has 1 fully saturated rings. The zero-order valence-electron chi connectivity index (χ0n) is 13.4. The molecular formula is C12H19FN4O5S3. The van der Waals surface area contributed by atoms with Crippen molar-refractivity contribution in [1.29, 1.82) is 0 Å². The van der Waals surface area contributed by atoms with Gasteiger partial charge >= 0.3 is 16.4 Å². The highest BCUT2D eigenvalue weighted by molar-refractivity contribution is 7.91. The molecule has 0 saturated carbocycles. The highest BCUT2D eigenvalue weighted by Crippen LogP contribution is 2.21. The minimum atomic E-state index is -4.68. The van der Waals surface area contributed by atoms with Crippen LogP contribution in [0.2, 0.25) is 0 Å². The van der Waals surface area contributed by atoms with Crippen LogP contribution in [0, 0.1) is 0 Å². The maximum absolute atomic E-state index is 12.8. The van der Waals surface area contributed by atoms with Gasteiger partial charge in [-0.3, -0.25) is 0 Å². The summed E-state index contributed by atoms with van der Waals surface area (Å²) in [6.07, 6.45) is 0.639. The van der Waals surface area contributed by atoms with Crippen LogP contribution in [0.15, 0.2) is 16.3 Å². The predicted molar refractivity (Wildman–Crippen MR) is 90.6 cm³/mol. The van der Waals surface area contributed by atoms with Crippen LogP contribution in [0.3, 0.4) is 0 Å². The standard InChI is InChI=1S/C12H19FN4O5S3/c1-14-24(19,20)11-3-2-10(23-11)8-15-12(18)16-9-4-6-17(7-5-9)25(13,21)22/h2-3,9,14H,4-8H2,1H3,(H2,15,16,18). The smallest absolute Gasteiger partial charge is 0.335 e. The molecule has 0 atom stereocenters. The molecule has 1 saturated heterocycles. The second-order valence-electron chi connectivity index (χ2n) is 5.37. The van der Waals surface area contributed by atoms with Crippen LogP contribution in [-0.4, -0.2) is 53.4 Å². The molecule has 0 aromatic carbocycles. The van der Waals surface area contributed by atoms with Gasteiger partial charge in [-0.25, -0.2) is 17.9 Å². The molecule has 1 aliphatic heterocycles. The number of carbonyl (C=O) groups excluding carboxylic acids is 1. The van der Waals surface area contributed by atoms with Crippen molar-refractivity contribution in [2.45, 2.75) is 29.6 Å². The van der Waals surface area contributed by atoms with Crippen LogP contribution >= 0.6 is 11.3 Å². The Morgan fingerprint density at radius 3 is 2.48 bits per heavy atom. The normalized spacial score (nSPS) is 17.4. The fourth-order valence-electron chi connectivity index (χ4n) is 2.32. The minimum Gasteiger partial charge on any atom is -0.335 e. The summed E-state index contributed by atoms with van der Waals surface area (Å²) in [6, 6.07) is 2.37. The van der Waals surface area contributed by atoms with Crippen molar-refractivity contribution in [3.05, 3.63) is 17.0 Å². The van der Waals surface area contributed by atoms with Gasteiger partial charge in [-0.2, -0.15) is 12.7 Å². The van der Waals surface area contributed by atoms with E-state index in [1.54, 1.807) is 6.07 Å². The number of piperidine rings is 1. The lowest BCUT2D eigenvalue weighted by Crippen LogP contribution is -2.48. The Bertz CT molecular complexity index is 816. The number of halogens is 1. The fourth-order valence-corrected chi connectivity index (χ4v) is 5.10. The highest BCUT2D eigenvalue weighted by atomic mass is 32.3. The zero-order valence-corrected chi connectivity index (χ0v) is 15.8. The van der Waals surface area contributed by atoms with E-state index < -0.39 is 26.5 Å². The van der Waals surface area contributed by atoms with Crippen molar-refractivity contribution in [3.8, 4) is 0 Å². The van der Waals surface area contributed by atoms with E-state index in [4.69, 9.17) is 0 Å². The summed E-state index contributed by atoms with van der Waals surface area (Å²) < 4.78 is 60.8. The first-order valence-corrected chi connectivity index (χ1v) is 11.0. The molecular weight excluding hydrogens is 395 g/mol. The Balaban J connectivity index is 1.79. The number of hydrogen-bond acceptors (Lipinski definition) is 6. The molecule has 0 spiro atoms. The molecule has 13 heteroatoms. The number of nitrogens with zero attached hydrogens (tertiary/aromatic N) is 1. The second-order valence-corrected chi connectivity index (χ2v) is 9.99. The fraction of sp³-hybridized carbons (Fsp3) is 0.583. The average Bonchev–Trinajstić information content (AvgIpc) is 3.02. The van der Waals surface area contributed by atoms with Crippen molar-refractivity contribution < 1.29 is 25.5 Å². The summed E-state index contributed by atoms with van der Waals surface area (Å²) in [5, 5.41) is 5.30. The third-order valence-corrected chi connectivity index (χ3v) is 7.66. The summed E-state index contributed by atoms with van der Waals surface area (Å²) in [4.78, 5) is 12.5. The quantitative estimate of drug-likeness (QED) is 0.571. The Morgan fingerprint density at radius 1 is 1.28 bits per heavy atom. The van der Waals surface area contributed by atoms with E-state index in [1.165, 1.54) is 13.1 Å². The SMILES string of the molecule is CNS(=O)(=O)c1ccc(CNC(=O)NC2CCN(S(=O)(=O)F)CC2)s1. The maximum atomic E-state index is 12.8. The molecule has 2 amide bonds. The van der Waals surface area contributed by atoms with Crippen LogP contribution in [0.1, 0.15) is 17.7 Å². The lowest BCUT2D eigenvalue weighted by atomic mass is 10.1. The number of nitrogens with one attached hydrogen (secondary N) is 3. The van der Waals surface area contributed by atoms with Gasteiger partial charge in [-0.1, -0.05) is 3.89 Å². The molecule has 2 heterocycles. The lowest BCUT2D eigenvalue weighted by Gasteiger charge is -2.29. The van der Waals surface area contributed by atoms with Gasteiger partial charge in [0.05, 0.1) is 6.54 Å². The number of rotatable bonds is 6. The van der Waals surface area contributed by atoms with E-state index in [0.29, 0.717) is 17.7 Å². The average molecular weight is 415 g/mol. The molecule has 0 aliphatic carbocycles. The van der Waals surface area contributed by atoms with Gasteiger partial charge in [0.15, 0.2) is 0 Å². The molecule has 0 bridgehead atoms. The summed E-state index contributed by atoms with van der Waals surface area (Å²) in [5.74, 6) is 0. The predicted octanol–water partition coefficient (Wildman–Crippen LogP) is 0.134. The van der Waals surface area contributed by atoms with E-state index >= 15 is 0 Å². The molecule has 3 N–H and O–H groups in total. The van der Waals surface area contributed by atoms with Gasteiger partial charge in [-0.05, 0) is 32.0 Å². The third-order valence-electron chi connectivity index (χ3n) is 3.69. The van der Waals surface area contributed by atoms with Crippen molar-refractivity contribution >= 4 is 37.8 Å². The largest absolute Gasteiger partial charge is 0.374 e. The van der Waals surface area contributed by atoms with Crippen LogP contribution in [0.4, 0.5) is 8.68 Å². The van der Waals surface area contributed by atoms with E-state index in [2.05, 4.69) is 15.4 Å². The molecule has 9 nitrogen and oxygen atoms in total. The van der Waals surface area contributed by atoms with Gasteiger partial charge < -0.3 is 10.6 Å². The maximum Gasteiger partial charge on any atom is 0.374 e. The van der Waals surface area contributed by atoms with Gasteiger partial charge in [0, 0.05) is 24.0 Å². The van der Waals surface area contributed by atoms with Crippen LogP contribution < -0.4 is 15.4 Å². The summed E-state index contributed by atoms with van der Waals surface area (Å²) in [5.41, 5.74) is 0. The van der Waals surface area contributed by atoms with Crippen LogP contribution in [0.25, 0.3) is 0 Å². The molecule has 2 rings (SSSR count). The van der Waals surface area contributed by atoms with Gasteiger partial charge in [0.25, 0.3) is 0 Å². The lowest BCUT2D eigenvalue weighted by molar-refractivity contribution is 0.226. The van der Waals surface area contributed by atoms with Crippen molar-refractivity contribution in [2.75, 3.05) is 20.1 Å². The van der Waals surface area contributed by atoms with Gasteiger partial charge in [0.2, 0.25) is 10.0 Å². The Hall–Kier alpha value is -1.28. The molecule has 1 aromatic rings. The first-order valence-electron chi connectivity index (χ1n) is 7.38. The van der Waals surface area contributed by atoms with Crippen molar-refractivity contribution in [3.63, 3.8) is 0 Å².